The number of primary amides is 1. The highest BCUT2D eigenvalue weighted by molar-refractivity contribution is 9.10. The van der Waals surface area contributed by atoms with Gasteiger partial charge < -0.3 is 16.0 Å². The zero-order valence-corrected chi connectivity index (χ0v) is 19.1. The van der Waals surface area contributed by atoms with E-state index in [9.17, 15) is 14.4 Å². The van der Waals surface area contributed by atoms with E-state index in [1.165, 1.54) is 0 Å². The lowest BCUT2D eigenvalue weighted by atomic mass is 10.1. The van der Waals surface area contributed by atoms with Crippen molar-refractivity contribution in [3.05, 3.63) is 35.9 Å². The van der Waals surface area contributed by atoms with E-state index in [1.807, 2.05) is 30.3 Å². The second kappa shape index (κ2) is 14.1. The molecule has 3 N–H and O–H groups in total. The molecule has 0 aliphatic carbocycles. The molecule has 0 aromatic heterocycles. The Morgan fingerprint density at radius 1 is 1.00 bits per heavy atom. The molecule has 29 heavy (non-hydrogen) atoms. The van der Waals surface area contributed by atoms with Crippen molar-refractivity contribution in [2.45, 2.75) is 69.7 Å². The number of hydrogen-bond donors (Lipinski definition) is 2. The quantitative estimate of drug-likeness (QED) is 0.250. The van der Waals surface area contributed by atoms with Crippen molar-refractivity contribution < 1.29 is 14.4 Å². The summed E-state index contributed by atoms with van der Waals surface area (Å²) in [5.74, 6) is -1.68. The number of nitrogens with one attached hydrogen (secondary N) is 1. The Bertz CT molecular complexity index is 629. The van der Waals surface area contributed by atoms with Crippen molar-refractivity contribution in [2.75, 3.05) is 13.1 Å². The maximum atomic E-state index is 13.0. The van der Waals surface area contributed by atoms with Gasteiger partial charge in [0, 0.05) is 13.1 Å². The van der Waals surface area contributed by atoms with Gasteiger partial charge in [0.05, 0.1) is 4.83 Å². The number of amides is 3. The van der Waals surface area contributed by atoms with Crippen LogP contribution in [0.4, 0.5) is 0 Å². The number of halogens is 1. The molecule has 1 unspecified atom stereocenters. The molecule has 0 saturated heterocycles. The Morgan fingerprint density at radius 2 is 1.55 bits per heavy atom. The normalized spacial score (nSPS) is 12.8. The minimum atomic E-state index is -1.35. The fourth-order valence-electron chi connectivity index (χ4n) is 3.02. The molecule has 2 atom stereocenters. The summed E-state index contributed by atoms with van der Waals surface area (Å²) in [6, 6.07) is 8.19. The highest BCUT2D eigenvalue weighted by Gasteiger charge is 2.32. The molecule has 1 rings (SSSR count). The van der Waals surface area contributed by atoms with Crippen LogP contribution in [-0.4, -0.2) is 46.6 Å². The van der Waals surface area contributed by atoms with E-state index in [-0.39, 0.29) is 0 Å². The maximum Gasteiger partial charge on any atom is 0.254 e. The predicted molar refractivity (Wildman–Crippen MR) is 120 cm³/mol. The number of unbranched alkanes of at least 4 members (excludes halogenated alkanes) is 4. The lowest BCUT2D eigenvalue weighted by molar-refractivity contribution is -0.141. The van der Waals surface area contributed by atoms with Crippen LogP contribution in [0, 0.1) is 0 Å². The van der Waals surface area contributed by atoms with Crippen molar-refractivity contribution in [1.29, 1.82) is 0 Å². The van der Waals surface area contributed by atoms with Crippen LogP contribution in [0.15, 0.2) is 30.3 Å². The minimum Gasteiger partial charge on any atom is -0.367 e. The van der Waals surface area contributed by atoms with Crippen LogP contribution in [0.2, 0.25) is 0 Å². The average Bonchev–Trinajstić information content (AvgIpc) is 2.71. The van der Waals surface area contributed by atoms with Crippen LogP contribution in [0.1, 0.15) is 57.9 Å². The molecule has 0 aliphatic rings. The Balaban J connectivity index is 2.78. The Kier molecular flexibility index (Phi) is 12.3. The summed E-state index contributed by atoms with van der Waals surface area (Å²) in [5.41, 5.74) is 6.45. The van der Waals surface area contributed by atoms with Crippen LogP contribution >= 0.6 is 15.9 Å². The first-order chi connectivity index (χ1) is 13.9. The summed E-state index contributed by atoms with van der Waals surface area (Å²) in [6.45, 7) is 5.33. The zero-order valence-electron chi connectivity index (χ0n) is 17.5. The predicted octanol–water partition coefficient (Wildman–Crippen LogP) is 3.17. The molecule has 0 radical (unpaired) electrons. The monoisotopic (exact) mass is 467 g/mol. The molecule has 1 aromatic rings. The smallest absolute Gasteiger partial charge is 0.254 e. The molecule has 0 saturated carbocycles. The Morgan fingerprint density at radius 3 is 2.03 bits per heavy atom. The number of alkyl halides is 1. The van der Waals surface area contributed by atoms with Crippen molar-refractivity contribution in [2.24, 2.45) is 5.73 Å². The first-order valence-corrected chi connectivity index (χ1v) is 11.4. The van der Waals surface area contributed by atoms with Gasteiger partial charge in [-0.05, 0) is 24.8 Å². The third-order valence-electron chi connectivity index (χ3n) is 4.74. The number of carbonyl (C=O) groups excluding carboxylic acids is 3. The highest BCUT2D eigenvalue weighted by atomic mass is 79.9. The highest BCUT2D eigenvalue weighted by Crippen LogP contribution is 2.11. The minimum absolute atomic E-state index is 0.419. The van der Waals surface area contributed by atoms with Crippen molar-refractivity contribution in [3.8, 4) is 0 Å². The largest absolute Gasteiger partial charge is 0.367 e. The van der Waals surface area contributed by atoms with Gasteiger partial charge in [0.1, 0.15) is 0 Å². The fourth-order valence-corrected chi connectivity index (χ4v) is 3.53. The molecule has 0 bridgehead atoms. The van der Waals surface area contributed by atoms with E-state index in [0.717, 1.165) is 44.1 Å². The number of nitrogens with zero attached hydrogens (tertiary/aromatic N) is 1. The molecule has 0 fully saturated rings. The van der Waals surface area contributed by atoms with E-state index in [0.29, 0.717) is 19.5 Å². The van der Waals surface area contributed by atoms with Gasteiger partial charge >= 0.3 is 0 Å². The van der Waals surface area contributed by atoms with Gasteiger partial charge in [0.2, 0.25) is 11.8 Å². The molecule has 1 aromatic carbocycles. The summed E-state index contributed by atoms with van der Waals surface area (Å²) < 4.78 is 0. The first kappa shape index (κ1) is 25.1. The molecule has 6 nitrogen and oxygen atoms in total. The van der Waals surface area contributed by atoms with Crippen LogP contribution < -0.4 is 11.1 Å². The van der Waals surface area contributed by atoms with E-state index < -0.39 is 28.6 Å². The topological polar surface area (TPSA) is 92.5 Å². The van der Waals surface area contributed by atoms with Crippen molar-refractivity contribution in [3.63, 3.8) is 0 Å². The molecule has 0 spiro atoms. The van der Waals surface area contributed by atoms with Crippen LogP contribution in [0.5, 0.6) is 0 Å². The Hall–Kier alpha value is -1.89. The zero-order chi connectivity index (χ0) is 21.6. The van der Waals surface area contributed by atoms with Crippen LogP contribution in [0.25, 0.3) is 0 Å². The van der Waals surface area contributed by atoms with Gasteiger partial charge in [0.25, 0.3) is 5.91 Å². The molecular weight excluding hydrogens is 434 g/mol. The third-order valence-corrected chi connectivity index (χ3v) is 5.47. The SMILES string of the molecule is CCCCCN(CCCCC)C(=O)C(NC(=O)[C@H](Br)Cc1ccccc1)C(N)=O. The van der Waals surface area contributed by atoms with E-state index in [4.69, 9.17) is 5.73 Å². The lowest BCUT2D eigenvalue weighted by Crippen LogP contribution is -2.56. The van der Waals surface area contributed by atoms with Gasteiger partial charge in [0.15, 0.2) is 6.04 Å². The Labute approximate surface area is 182 Å². The lowest BCUT2D eigenvalue weighted by Gasteiger charge is -2.27. The number of rotatable bonds is 14. The second-order valence-corrected chi connectivity index (χ2v) is 8.35. The van der Waals surface area contributed by atoms with Gasteiger partial charge in [-0.1, -0.05) is 85.8 Å². The van der Waals surface area contributed by atoms with Crippen LogP contribution in [0.3, 0.4) is 0 Å². The molecule has 7 heteroatoms. The molecule has 162 valence electrons. The van der Waals surface area contributed by atoms with Gasteiger partial charge in [-0.25, -0.2) is 0 Å². The standard InChI is InChI=1S/C22H34BrN3O3/c1-3-5-10-14-26(15-11-6-4-2)22(29)19(20(24)27)25-21(28)18(23)16-17-12-8-7-9-13-17/h7-9,12-13,18-19H,3-6,10-11,14-16H2,1-2H3,(H2,24,27)(H,25,28)/t18-,19?/m1/s1. The van der Waals surface area contributed by atoms with Gasteiger partial charge in [-0.3, -0.25) is 14.4 Å². The van der Waals surface area contributed by atoms with Gasteiger partial charge in [-0.2, -0.15) is 0 Å². The number of nitrogens with two attached hydrogens (primary N) is 1. The van der Waals surface area contributed by atoms with Crippen molar-refractivity contribution >= 4 is 33.7 Å². The number of benzene rings is 1. The number of carbonyl (C=O) groups is 3. The summed E-state index contributed by atoms with van der Waals surface area (Å²) in [6.07, 6.45) is 6.27. The molecule has 3 amide bonds. The van der Waals surface area contributed by atoms with E-state index in [2.05, 4.69) is 35.1 Å². The first-order valence-electron chi connectivity index (χ1n) is 10.5. The molecule has 0 aliphatic heterocycles. The second-order valence-electron chi connectivity index (χ2n) is 7.24. The van der Waals surface area contributed by atoms with Crippen molar-refractivity contribution in [1.82, 2.24) is 10.2 Å². The maximum absolute atomic E-state index is 13.0. The summed E-state index contributed by atoms with van der Waals surface area (Å²) >= 11 is 3.36. The average molecular weight is 468 g/mol. The fraction of sp³-hybridized carbons (Fsp3) is 0.591. The summed E-state index contributed by atoms with van der Waals surface area (Å²) in [5, 5.41) is 2.55. The van der Waals surface area contributed by atoms with Crippen LogP contribution in [-0.2, 0) is 20.8 Å². The molecular formula is C22H34BrN3O3. The van der Waals surface area contributed by atoms with E-state index in [1.54, 1.807) is 4.90 Å². The summed E-state index contributed by atoms with van der Waals surface area (Å²) in [4.78, 5) is 38.6. The number of hydrogen-bond acceptors (Lipinski definition) is 3. The third kappa shape index (κ3) is 9.43. The van der Waals surface area contributed by atoms with Gasteiger partial charge in [-0.15, -0.1) is 0 Å². The van der Waals surface area contributed by atoms with E-state index >= 15 is 0 Å². The summed E-state index contributed by atoms with van der Waals surface area (Å²) in [7, 11) is 0. The molecule has 0 heterocycles.